The normalized spacial score (nSPS) is 13.8. The summed E-state index contributed by atoms with van der Waals surface area (Å²) in [4.78, 5) is 17.0. The van der Waals surface area contributed by atoms with Crippen molar-refractivity contribution >= 4 is 52.1 Å². The molecule has 0 spiro atoms. The third-order valence-corrected chi connectivity index (χ3v) is 6.53. The Balaban J connectivity index is 1.42. The van der Waals surface area contributed by atoms with Gasteiger partial charge in [-0.2, -0.15) is 0 Å². The van der Waals surface area contributed by atoms with Crippen LogP contribution in [0.3, 0.4) is 0 Å². The van der Waals surface area contributed by atoms with E-state index in [1.807, 2.05) is 91.0 Å². The van der Waals surface area contributed by atoms with Crippen LogP contribution in [0.5, 0.6) is 11.5 Å². The van der Waals surface area contributed by atoms with Crippen molar-refractivity contribution in [3.63, 3.8) is 0 Å². The molecule has 0 N–H and O–H groups in total. The van der Waals surface area contributed by atoms with Crippen LogP contribution in [0.15, 0.2) is 108 Å². The number of carbonyl (C=O) groups excluding carboxylic acids is 1. The number of ether oxygens (including phenoxy) is 3. The van der Waals surface area contributed by atoms with Gasteiger partial charge in [0.2, 0.25) is 5.90 Å². The van der Waals surface area contributed by atoms with Gasteiger partial charge in [-0.25, -0.2) is 9.79 Å². The molecule has 0 fully saturated rings. The van der Waals surface area contributed by atoms with Crippen molar-refractivity contribution in [2.45, 2.75) is 13.2 Å². The maximum Gasteiger partial charge on any atom is 0.363 e. The first-order valence-electron chi connectivity index (χ1n) is 11.5. The van der Waals surface area contributed by atoms with Crippen molar-refractivity contribution in [3.8, 4) is 11.5 Å². The molecule has 0 radical (unpaired) electrons. The van der Waals surface area contributed by atoms with Crippen LogP contribution in [0.4, 0.5) is 0 Å². The van der Waals surface area contributed by atoms with Crippen molar-refractivity contribution in [1.29, 1.82) is 0 Å². The Labute approximate surface area is 233 Å². The Bertz CT molecular complexity index is 1490. The number of nitrogens with zero attached hydrogens (tertiary/aromatic N) is 1. The van der Waals surface area contributed by atoms with E-state index in [1.54, 1.807) is 12.1 Å². The summed E-state index contributed by atoms with van der Waals surface area (Å²) >= 11 is 8.48. The van der Waals surface area contributed by atoms with Crippen LogP contribution in [0.2, 0.25) is 5.02 Å². The van der Waals surface area contributed by atoms with E-state index in [-0.39, 0.29) is 11.6 Å². The maximum atomic E-state index is 12.6. The van der Waals surface area contributed by atoms with E-state index in [0.717, 1.165) is 20.3 Å². The van der Waals surface area contributed by atoms with Crippen molar-refractivity contribution < 1.29 is 19.0 Å². The van der Waals surface area contributed by atoms with Gasteiger partial charge in [0.15, 0.2) is 17.2 Å². The first kappa shape index (κ1) is 25.0. The molecule has 4 aromatic rings. The van der Waals surface area contributed by atoms with Gasteiger partial charge in [-0.15, -0.1) is 0 Å². The summed E-state index contributed by atoms with van der Waals surface area (Å²) < 4.78 is 18.6. The topological polar surface area (TPSA) is 57.1 Å². The van der Waals surface area contributed by atoms with Crippen molar-refractivity contribution in [2.75, 3.05) is 0 Å². The highest BCUT2D eigenvalue weighted by Crippen LogP contribution is 2.32. The fraction of sp³-hybridized carbons (Fsp3) is 0.0667. The summed E-state index contributed by atoms with van der Waals surface area (Å²) in [6.07, 6.45) is 1.66. The molecule has 1 aliphatic heterocycles. The van der Waals surface area contributed by atoms with Gasteiger partial charge in [0.05, 0.1) is 10.6 Å². The largest absolute Gasteiger partial charge is 0.485 e. The molecule has 0 saturated carbocycles. The molecule has 4 aromatic carbocycles. The van der Waals surface area contributed by atoms with Gasteiger partial charge in [-0.1, -0.05) is 78.3 Å². The average Bonchev–Trinajstić information content (AvgIpc) is 3.29. The Morgan fingerprint density at radius 2 is 1.46 bits per heavy atom. The molecule has 0 amide bonds. The minimum absolute atomic E-state index is 0.178. The summed E-state index contributed by atoms with van der Waals surface area (Å²) in [5.74, 6) is 0.806. The van der Waals surface area contributed by atoms with Crippen LogP contribution >= 0.6 is 34.2 Å². The highest BCUT2D eigenvalue weighted by molar-refractivity contribution is 14.1. The average molecular weight is 622 g/mol. The summed E-state index contributed by atoms with van der Waals surface area (Å²) in [5, 5.41) is 0.463. The van der Waals surface area contributed by atoms with Crippen molar-refractivity contribution in [3.05, 3.63) is 134 Å². The van der Waals surface area contributed by atoms with Gasteiger partial charge in [0.1, 0.15) is 13.2 Å². The van der Waals surface area contributed by atoms with Gasteiger partial charge >= 0.3 is 5.97 Å². The van der Waals surface area contributed by atoms with Gasteiger partial charge in [-0.3, -0.25) is 0 Å². The third kappa shape index (κ3) is 6.39. The zero-order chi connectivity index (χ0) is 25.6. The SMILES string of the molecule is O=C1OC(c2cc(I)ccc2Cl)=N/C1=C\c1ccc(OCc2ccccc2)c(OCc2ccccc2)c1. The van der Waals surface area contributed by atoms with Crippen molar-refractivity contribution in [2.24, 2.45) is 4.99 Å². The number of hydrogen-bond acceptors (Lipinski definition) is 5. The molecular weight excluding hydrogens is 601 g/mol. The molecule has 184 valence electrons. The van der Waals surface area contributed by atoms with E-state index in [1.165, 1.54) is 0 Å². The first-order chi connectivity index (χ1) is 18.0. The summed E-state index contributed by atoms with van der Waals surface area (Å²) in [5.41, 5.74) is 3.55. The Kier molecular flexibility index (Phi) is 7.87. The predicted molar refractivity (Wildman–Crippen MR) is 153 cm³/mol. The highest BCUT2D eigenvalue weighted by Gasteiger charge is 2.26. The molecular formula is C30H21ClINO4. The molecule has 0 unspecified atom stereocenters. The zero-order valence-electron chi connectivity index (χ0n) is 19.6. The number of halogens is 2. The Morgan fingerprint density at radius 3 is 2.14 bits per heavy atom. The minimum Gasteiger partial charge on any atom is -0.485 e. The van der Waals surface area contributed by atoms with Crippen LogP contribution in [-0.2, 0) is 22.7 Å². The van der Waals surface area contributed by atoms with E-state index >= 15 is 0 Å². The lowest BCUT2D eigenvalue weighted by Gasteiger charge is -2.14. The molecule has 0 saturated heterocycles. The molecule has 0 aromatic heterocycles. The lowest BCUT2D eigenvalue weighted by Crippen LogP contribution is -2.06. The second-order valence-electron chi connectivity index (χ2n) is 8.21. The fourth-order valence-corrected chi connectivity index (χ4v) is 4.35. The van der Waals surface area contributed by atoms with E-state index in [2.05, 4.69) is 27.6 Å². The van der Waals surface area contributed by atoms with Crippen LogP contribution < -0.4 is 9.47 Å². The predicted octanol–water partition coefficient (Wildman–Crippen LogP) is 7.45. The Morgan fingerprint density at radius 1 is 0.811 bits per heavy atom. The lowest BCUT2D eigenvalue weighted by molar-refractivity contribution is -0.129. The minimum atomic E-state index is -0.541. The van der Waals surface area contributed by atoms with Gasteiger partial charge in [0.25, 0.3) is 0 Å². The second-order valence-corrected chi connectivity index (χ2v) is 9.87. The van der Waals surface area contributed by atoms with Gasteiger partial charge < -0.3 is 14.2 Å². The quantitative estimate of drug-likeness (QED) is 0.117. The van der Waals surface area contributed by atoms with Crippen LogP contribution in [-0.4, -0.2) is 11.9 Å². The molecule has 0 atom stereocenters. The van der Waals surface area contributed by atoms with E-state index in [0.29, 0.717) is 35.3 Å². The molecule has 1 heterocycles. The standard InChI is InChI=1S/C30H21ClINO4/c31-25-13-12-23(32)17-24(25)29-33-26(30(34)37-29)15-22-11-14-27(35-18-20-7-3-1-4-8-20)28(16-22)36-19-21-9-5-2-6-10-21/h1-17H,18-19H2/b26-15-. The van der Waals surface area contributed by atoms with Crippen LogP contribution in [0.25, 0.3) is 6.08 Å². The number of rotatable bonds is 8. The Hall–Kier alpha value is -3.62. The second kappa shape index (κ2) is 11.6. The van der Waals surface area contributed by atoms with E-state index in [4.69, 9.17) is 25.8 Å². The van der Waals surface area contributed by atoms with E-state index in [9.17, 15) is 4.79 Å². The molecule has 7 heteroatoms. The zero-order valence-corrected chi connectivity index (χ0v) is 22.5. The lowest BCUT2D eigenvalue weighted by atomic mass is 10.1. The molecule has 37 heavy (non-hydrogen) atoms. The maximum absolute atomic E-state index is 12.6. The number of carbonyl (C=O) groups is 1. The monoisotopic (exact) mass is 621 g/mol. The number of cyclic esters (lactones) is 1. The number of hydrogen-bond donors (Lipinski definition) is 0. The van der Waals surface area contributed by atoms with Crippen molar-refractivity contribution in [1.82, 2.24) is 0 Å². The van der Waals surface area contributed by atoms with Crippen LogP contribution in [0.1, 0.15) is 22.3 Å². The van der Waals surface area contributed by atoms with Crippen LogP contribution in [0, 0.1) is 3.57 Å². The molecule has 5 nitrogen and oxygen atoms in total. The third-order valence-electron chi connectivity index (χ3n) is 5.52. The highest BCUT2D eigenvalue weighted by atomic mass is 127. The molecule has 1 aliphatic rings. The summed E-state index contributed by atoms with van der Waals surface area (Å²) in [7, 11) is 0. The van der Waals surface area contributed by atoms with Gasteiger partial charge in [-0.05, 0) is 75.7 Å². The van der Waals surface area contributed by atoms with E-state index < -0.39 is 5.97 Å². The number of esters is 1. The summed E-state index contributed by atoms with van der Waals surface area (Å²) in [6, 6.07) is 30.8. The first-order valence-corrected chi connectivity index (χ1v) is 13.0. The molecule has 0 aliphatic carbocycles. The smallest absolute Gasteiger partial charge is 0.363 e. The summed E-state index contributed by atoms with van der Waals surface area (Å²) in [6.45, 7) is 0.775. The molecule has 0 bridgehead atoms. The number of aliphatic imine (C=N–C) groups is 1. The van der Waals surface area contributed by atoms with Gasteiger partial charge in [0, 0.05) is 3.57 Å². The fourth-order valence-electron chi connectivity index (χ4n) is 3.66. The number of benzene rings is 4. The molecule has 5 rings (SSSR count).